The molecule has 0 saturated heterocycles. The van der Waals surface area contributed by atoms with Gasteiger partial charge in [0.05, 0.1) is 6.54 Å². The molecule has 1 rings (SSSR count). The maximum absolute atomic E-state index is 11.5. The first-order chi connectivity index (χ1) is 9.50. The highest BCUT2D eigenvalue weighted by Crippen LogP contribution is 2.25. The molecule has 20 heavy (non-hydrogen) atoms. The van der Waals surface area contributed by atoms with Crippen LogP contribution in [0.4, 0.5) is 4.79 Å². The van der Waals surface area contributed by atoms with E-state index < -0.39 is 0 Å². The predicted octanol–water partition coefficient (Wildman–Crippen LogP) is 3.14. The maximum atomic E-state index is 11.5. The van der Waals surface area contributed by atoms with Crippen molar-refractivity contribution in [3.63, 3.8) is 0 Å². The minimum Gasteiger partial charge on any atom is -0.491 e. The summed E-state index contributed by atoms with van der Waals surface area (Å²) in [7, 11) is 0. The molecule has 0 aromatic heterocycles. The molecule has 0 spiro atoms. The van der Waals surface area contributed by atoms with Crippen molar-refractivity contribution in [1.82, 2.24) is 10.6 Å². The van der Waals surface area contributed by atoms with E-state index in [1.54, 1.807) is 0 Å². The predicted molar refractivity (Wildman–Crippen MR) is 82.3 cm³/mol. The molecule has 112 valence electrons. The number of nitrogens with one attached hydrogen (secondary N) is 2. The van der Waals surface area contributed by atoms with Gasteiger partial charge in [0.1, 0.15) is 12.4 Å². The van der Waals surface area contributed by atoms with Crippen molar-refractivity contribution in [2.24, 2.45) is 5.92 Å². The van der Waals surface area contributed by atoms with Crippen LogP contribution in [-0.4, -0.2) is 25.7 Å². The maximum Gasteiger partial charge on any atom is 0.314 e. The van der Waals surface area contributed by atoms with Gasteiger partial charge in [-0.25, -0.2) is 4.79 Å². The average molecular weight is 278 g/mol. The van der Waals surface area contributed by atoms with Crippen LogP contribution in [0.5, 0.6) is 5.75 Å². The van der Waals surface area contributed by atoms with Crippen molar-refractivity contribution in [3.8, 4) is 5.75 Å². The van der Waals surface area contributed by atoms with E-state index in [1.807, 2.05) is 18.2 Å². The highest BCUT2D eigenvalue weighted by atomic mass is 16.5. The second kappa shape index (κ2) is 8.46. The third-order valence-electron chi connectivity index (χ3n) is 2.86. The SMILES string of the molecule is CC(C)CNC(=O)NCCOc1ccccc1C(C)C. The molecule has 4 heteroatoms. The summed E-state index contributed by atoms with van der Waals surface area (Å²) in [5.74, 6) is 1.77. The van der Waals surface area contributed by atoms with Gasteiger partial charge in [0.25, 0.3) is 0 Å². The first-order valence-electron chi connectivity index (χ1n) is 7.24. The summed E-state index contributed by atoms with van der Waals surface area (Å²) in [5, 5.41) is 5.59. The number of ether oxygens (including phenoxy) is 1. The van der Waals surface area contributed by atoms with Crippen molar-refractivity contribution in [1.29, 1.82) is 0 Å². The van der Waals surface area contributed by atoms with E-state index in [1.165, 1.54) is 5.56 Å². The normalized spacial score (nSPS) is 10.7. The molecule has 4 nitrogen and oxygen atoms in total. The summed E-state index contributed by atoms with van der Waals surface area (Å²) < 4.78 is 5.73. The van der Waals surface area contributed by atoms with E-state index in [2.05, 4.69) is 44.4 Å². The van der Waals surface area contributed by atoms with Gasteiger partial charge in [-0.2, -0.15) is 0 Å². The van der Waals surface area contributed by atoms with Crippen molar-refractivity contribution in [2.45, 2.75) is 33.6 Å². The quantitative estimate of drug-likeness (QED) is 0.753. The number of rotatable bonds is 7. The fraction of sp³-hybridized carbons (Fsp3) is 0.562. The van der Waals surface area contributed by atoms with Gasteiger partial charge in [-0.1, -0.05) is 45.9 Å². The van der Waals surface area contributed by atoms with E-state index in [4.69, 9.17) is 4.74 Å². The van der Waals surface area contributed by atoms with Crippen molar-refractivity contribution >= 4 is 6.03 Å². The molecule has 2 amide bonds. The van der Waals surface area contributed by atoms with Crippen LogP contribution in [0.1, 0.15) is 39.2 Å². The molecule has 0 radical (unpaired) electrons. The standard InChI is InChI=1S/C16H26N2O2/c1-12(2)11-18-16(19)17-9-10-20-15-8-6-5-7-14(15)13(3)4/h5-8,12-13H,9-11H2,1-4H3,(H2,17,18,19). The molecule has 0 aliphatic heterocycles. The Morgan fingerprint density at radius 1 is 1.15 bits per heavy atom. The molecule has 0 aliphatic carbocycles. The lowest BCUT2D eigenvalue weighted by Crippen LogP contribution is -2.39. The number of hydrogen-bond donors (Lipinski definition) is 2. The first kappa shape index (κ1) is 16.3. The van der Waals surface area contributed by atoms with E-state index in [9.17, 15) is 4.79 Å². The van der Waals surface area contributed by atoms with Gasteiger partial charge in [-0.15, -0.1) is 0 Å². The van der Waals surface area contributed by atoms with Crippen LogP contribution in [0.25, 0.3) is 0 Å². The highest BCUT2D eigenvalue weighted by Gasteiger charge is 2.06. The lowest BCUT2D eigenvalue weighted by atomic mass is 10.0. The van der Waals surface area contributed by atoms with Crippen LogP contribution in [0.2, 0.25) is 0 Å². The Labute approximate surface area is 121 Å². The van der Waals surface area contributed by atoms with E-state index in [0.29, 0.717) is 31.5 Å². The Morgan fingerprint density at radius 3 is 2.50 bits per heavy atom. The zero-order valence-electron chi connectivity index (χ0n) is 12.9. The molecule has 0 atom stereocenters. The van der Waals surface area contributed by atoms with Crippen LogP contribution in [-0.2, 0) is 0 Å². The minimum absolute atomic E-state index is 0.139. The Kier molecular flexibility index (Phi) is 6.91. The first-order valence-corrected chi connectivity index (χ1v) is 7.24. The van der Waals surface area contributed by atoms with E-state index in [-0.39, 0.29) is 6.03 Å². The van der Waals surface area contributed by atoms with Gasteiger partial charge < -0.3 is 15.4 Å². The summed E-state index contributed by atoms with van der Waals surface area (Å²) >= 11 is 0. The third-order valence-corrected chi connectivity index (χ3v) is 2.86. The summed E-state index contributed by atoms with van der Waals surface area (Å²) in [4.78, 5) is 11.5. The highest BCUT2D eigenvalue weighted by molar-refractivity contribution is 5.73. The smallest absolute Gasteiger partial charge is 0.314 e. The van der Waals surface area contributed by atoms with Crippen LogP contribution in [0.3, 0.4) is 0 Å². The van der Waals surface area contributed by atoms with Gasteiger partial charge in [0.2, 0.25) is 0 Å². The molecular formula is C16H26N2O2. The Bertz CT molecular complexity index is 417. The largest absolute Gasteiger partial charge is 0.491 e. The fourth-order valence-corrected chi connectivity index (χ4v) is 1.77. The lowest BCUT2D eigenvalue weighted by molar-refractivity contribution is 0.235. The number of carbonyl (C=O) groups excluding carboxylic acids is 1. The van der Waals surface area contributed by atoms with Crippen molar-refractivity contribution in [3.05, 3.63) is 29.8 Å². The number of hydrogen-bond acceptors (Lipinski definition) is 2. The summed E-state index contributed by atoms with van der Waals surface area (Å²) in [6.45, 7) is 10.1. The zero-order valence-corrected chi connectivity index (χ0v) is 12.9. The second-order valence-electron chi connectivity index (χ2n) is 5.57. The molecule has 1 aromatic carbocycles. The fourth-order valence-electron chi connectivity index (χ4n) is 1.77. The molecule has 0 heterocycles. The second-order valence-corrected chi connectivity index (χ2v) is 5.57. The number of para-hydroxylation sites is 1. The topological polar surface area (TPSA) is 50.4 Å². The Hall–Kier alpha value is -1.71. The molecule has 0 unspecified atom stereocenters. The Morgan fingerprint density at radius 2 is 1.85 bits per heavy atom. The van der Waals surface area contributed by atoms with Crippen molar-refractivity contribution < 1.29 is 9.53 Å². The number of urea groups is 1. The summed E-state index contributed by atoms with van der Waals surface area (Å²) in [6.07, 6.45) is 0. The summed E-state index contributed by atoms with van der Waals surface area (Å²) in [6, 6.07) is 7.88. The molecular weight excluding hydrogens is 252 g/mol. The molecule has 0 saturated carbocycles. The molecule has 1 aromatic rings. The monoisotopic (exact) mass is 278 g/mol. The number of amides is 2. The molecule has 0 bridgehead atoms. The van der Waals surface area contributed by atoms with E-state index >= 15 is 0 Å². The van der Waals surface area contributed by atoms with Crippen LogP contribution in [0, 0.1) is 5.92 Å². The van der Waals surface area contributed by atoms with Crippen LogP contribution in [0.15, 0.2) is 24.3 Å². The molecule has 2 N–H and O–H groups in total. The third kappa shape index (κ3) is 5.95. The average Bonchev–Trinajstić information content (AvgIpc) is 2.41. The van der Waals surface area contributed by atoms with Crippen molar-refractivity contribution in [2.75, 3.05) is 19.7 Å². The van der Waals surface area contributed by atoms with Gasteiger partial charge >= 0.3 is 6.03 Å². The van der Waals surface area contributed by atoms with Crippen LogP contribution < -0.4 is 15.4 Å². The number of carbonyl (C=O) groups is 1. The lowest BCUT2D eigenvalue weighted by Gasteiger charge is -2.14. The zero-order chi connectivity index (χ0) is 15.0. The van der Waals surface area contributed by atoms with Gasteiger partial charge in [-0.3, -0.25) is 0 Å². The van der Waals surface area contributed by atoms with Crippen LogP contribution >= 0.6 is 0 Å². The number of benzene rings is 1. The van der Waals surface area contributed by atoms with Gasteiger partial charge in [0.15, 0.2) is 0 Å². The van der Waals surface area contributed by atoms with Gasteiger partial charge in [0, 0.05) is 6.54 Å². The van der Waals surface area contributed by atoms with Gasteiger partial charge in [-0.05, 0) is 23.5 Å². The van der Waals surface area contributed by atoms with E-state index in [0.717, 1.165) is 5.75 Å². The summed E-state index contributed by atoms with van der Waals surface area (Å²) in [5.41, 5.74) is 1.19. The molecule has 0 fully saturated rings. The minimum atomic E-state index is -0.139. The molecule has 0 aliphatic rings. The Balaban J connectivity index is 2.29.